The first-order valence-electron chi connectivity index (χ1n) is 6.25. The van der Waals surface area contributed by atoms with Gasteiger partial charge in [-0.05, 0) is 5.92 Å². The van der Waals surface area contributed by atoms with Crippen molar-refractivity contribution in [2.75, 3.05) is 18.8 Å². The fraction of sp³-hybridized carbons (Fsp3) is 0.846. The van der Waals surface area contributed by atoms with E-state index in [1.54, 1.807) is 16.7 Å². The molecule has 0 unspecified atom stereocenters. The van der Waals surface area contributed by atoms with Gasteiger partial charge in [0.2, 0.25) is 5.91 Å². The Hall–Kier alpha value is -0.710. The molecule has 0 aliphatic carbocycles. The van der Waals surface area contributed by atoms with Crippen LogP contribution in [-0.2, 0) is 9.59 Å². The van der Waals surface area contributed by atoms with E-state index in [0.29, 0.717) is 24.8 Å². The number of carbonyl (C=O) groups excluding carboxylic acids is 1. The lowest BCUT2D eigenvalue weighted by molar-refractivity contribution is -0.138. The lowest BCUT2D eigenvalue weighted by atomic mass is 10.2. The van der Waals surface area contributed by atoms with Crippen molar-refractivity contribution in [3.63, 3.8) is 0 Å². The van der Waals surface area contributed by atoms with Crippen molar-refractivity contribution < 1.29 is 14.7 Å². The van der Waals surface area contributed by atoms with E-state index < -0.39 is 5.97 Å². The fourth-order valence-corrected chi connectivity index (χ4v) is 2.10. The average molecular weight is 275 g/mol. The van der Waals surface area contributed by atoms with Crippen molar-refractivity contribution >= 4 is 23.6 Å². The van der Waals surface area contributed by atoms with Crippen LogP contribution in [0.1, 0.15) is 41.0 Å². The van der Waals surface area contributed by atoms with Gasteiger partial charge in [-0.1, -0.05) is 34.6 Å². The summed E-state index contributed by atoms with van der Waals surface area (Å²) in [6.45, 7) is 11.2. The van der Waals surface area contributed by atoms with Crippen LogP contribution < -0.4 is 0 Å². The van der Waals surface area contributed by atoms with Crippen molar-refractivity contribution in [2.45, 2.75) is 45.8 Å². The summed E-state index contributed by atoms with van der Waals surface area (Å²) < 4.78 is 0.0476. The molecule has 0 heterocycles. The molecule has 0 spiro atoms. The zero-order valence-electron chi connectivity index (χ0n) is 12.0. The number of aliphatic carboxylic acids is 1. The molecule has 4 nitrogen and oxygen atoms in total. The number of amides is 1. The highest BCUT2D eigenvalue weighted by atomic mass is 32.2. The topological polar surface area (TPSA) is 57.6 Å². The minimum absolute atomic E-state index is 0.0125. The van der Waals surface area contributed by atoms with Crippen molar-refractivity contribution in [1.82, 2.24) is 4.90 Å². The molecule has 5 heteroatoms. The summed E-state index contributed by atoms with van der Waals surface area (Å²) in [5.41, 5.74) is 0. The molecule has 0 fully saturated rings. The van der Waals surface area contributed by atoms with Crippen LogP contribution >= 0.6 is 11.8 Å². The Morgan fingerprint density at radius 2 is 1.83 bits per heavy atom. The van der Waals surface area contributed by atoms with E-state index in [9.17, 15) is 9.59 Å². The number of hydrogen-bond acceptors (Lipinski definition) is 3. The number of hydrogen-bond donors (Lipinski definition) is 1. The van der Waals surface area contributed by atoms with Crippen molar-refractivity contribution in [1.29, 1.82) is 0 Å². The molecule has 1 N–H and O–H groups in total. The van der Waals surface area contributed by atoms with Gasteiger partial charge in [-0.2, -0.15) is 0 Å². The Morgan fingerprint density at radius 1 is 1.28 bits per heavy atom. The fourth-order valence-electron chi connectivity index (χ4n) is 1.36. The molecule has 0 aromatic carbocycles. The highest BCUT2D eigenvalue weighted by molar-refractivity contribution is 8.01. The van der Waals surface area contributed by atoms with Crippen LogP contribution in [0.4, 0.5) is 0 Å². The van der Waals surface area contributed by atoms with E-state index >= 15 is 0 Å². The predicted molar refractivity (Wildman–Crippen MR) is 75.9 cm³/mol. The molecular weight excluding hydrogens is 250 g/mol. The van der Waals surface area contributed by atoms with E-state index in [0.717, 1.165) is 0 Å². The first kappa shape index (κ1) is 17.3. The minimum Gasteiger partial charge on any atom is -0.481 e. The minimum atomic E-state index is -0.861. The lowest BCUT2D eigenvalue weighted by Gasteiger charge is -2.25. The molecule has 1 amide bonds. The van der Waals surface area contributed by atoms with Gasteiger partial charge < -0.3 is 10.0 Å². The maximum atomic E-state index is 12.1. The summed E-state index contributed by atoms with van der Waals surface area (Å²) in [5.74, 6) is -0.0668. The molecule has 0 saturated carbocycles. The predicted octanol–water partition coefficient (Wildman–Crippen LogP) is 2.48. The molecule has 0 atom stereocenters. The molecule has 0 bridgehead atoms. The smallest absolute Gasteiger partial charge is 0.305 e. The van der Waals surface area contributed by atoms with Crippen LogP contribution in [0.5, 0.6) is 0 Å². The number of thioether (sulfide) groups is 1. The summed E-state index contributed by atoms with van der Waals surface area (Å²) in [6.07, 6.45) is 0.0125. The second kappa shape index (κ2) is 7.67. The van der Waals surface area contributed by atoms with Crippen LogP contribution in [0.25, 0.3) is 0 Å². The normalized spacial score (nSPS) is 11.7. The Balaban J connectivity index is 4.35. The van der Waals surface area contributed by atoms with Crippen molar-refractivity contribution in [3.05, 3.63) is 0 Å². The second-order valence-electron chi connectivity index (χ2n) is 5.78. The van der Waals surface area contributed by atoms with Gasteiger partial charge in [0.25, 0.3) is 0 Å². The van der Waals surface area contributed by atoms with Gasteiger partial charge in [0, 0.05) is 17.8 Å². The molecule has 18 heavy (non-hydrogen) atoms. The number of carbonyl (C=O) groups is 2. The van der Waals surface area contributed by atoms with Crippen molar-refractivity contribution in [3.8, 4) is 0 Å². The Bertz CT molecular complexity index is 284. The summed E-state index contributed by atoms with van der Waals surface area (Å²) in [6, 6.07) is 0. The number of carboxylic acids is 1. The molecule has 0 aromatic rings. The molecule has 0 aromatic heterocycles. The van der Waals surface area contributed by atoms with Gasteiger partial charge in [0.15, 0.2) is 0 Å². The van der Waals surface area contributed by atoms with Gasteiger partial charge in [0.05, 0.1) is 12.2 Å². The monoisotopic (exact) mass is 275 g/mol. The van der Waals surface area contributed by atoms with Crippen LogP contribution in [0.15, 0.2) is 0 Å². The van der Waals surface area contributed by atoms with E-state index in [4.69, 9.17) is 5.11 Å². The molecule has 0 radical (unpaired) electrons. The average Bonchev–Trinajstić information content (AvgIpc) is 2.19. The lowest BCUT2D eigenvalue weighted by Crippen LogP contribution is -2.37. The SMILES string of the molecule is CC(C)CN(CCC(=O)O)C(=O)CSC(C)(C)C. The zero-order valence-corrected chi connectivity index (χ0v) is 12.8. The Kier molecular flexibility index (Phi) is 7.36. The third kappa shape index (κ3) is 9.33. The summed E-state index contributed by atoms with van der Waals surface area (Å²) in [5, 5.41) is 8.69. The summed E-state index contributed by atoms with van der Waals surface area (Å²) >= 11 is 1.59. The van der Waals surface area contributed by atoms with Crippen LogP contribution in [0.3, 0.4) is 0 Å². The van der Waals surface area contributed by atoms with Crippen LogP contribution in [0.2, 0.25) is 0 Å². The second-order valence-corrected chi connectivity index (χ2v) is 7.58. The van der Waals surface area contributed by atoms with E-state index in [1.165, 1.54) is 0 Å². The van der Waals surface area contributed by atoms with E-state index in [2.05, 4.69) is 20.8 Å². The largest absolute Gasteiger partial charge is 0.481 e. The van der Waals surface area contributed by atoms with Crippen LogP contribution in [0, 0.1) is 5.92 Å². The number of rotatable bonds is 7. The first-order chi connectivity index (χ1) is 8.11. The van der Waals surface area contributed by atoms with Gasteiger partial charge in [0.1, 0.15) is 0 Å². The van der Waals surface area contributed by atoms with Crippen molar-refractivity contribution in [2.24, 2.45) is 5.92 Å². The maximum absolute atomic E-state index is 12.1. The Morgan fingerprint density at radius 3 is 2.22 bits per heavy atom. The van der Waals surface area contributed by atoms with E-state index in [-0.39, 0.29) is 17.1 Å². The standard InChI is InChI=1S/C13H25NO3S/c1-10(2)8-14(7-6-12(16)17)11(15)9-18-13(3,4)5/h10H,6-9H2,1-5H3,(H,16,17). The molecule has 0 aliphatic heterocycles. The highest BCUT2D eigenvalue weighted by Gasteiger charge is 2.19. The molecule has 0 rings (SSSR count). The number of carboxylic acid groups (broad SMARTS) is 1. The first-order valence-corrected chi connectivity index (χ1v) is 7.24. The van der Waals surface area contributed by atoms with Gasteiger partial charge in [-0.3, -0.25) is 9.59 Å². The zero-order chi connectivity index (χ0) is 14.3. The summed E-state index contributed by atoms with van der Waals surface area (Å²) in [7, 11) is 0. The van der Waals surface area contributed by atoms with Gasteiger partial charge in [-0.25, -0.2) is 0 Å². The third-order valence-electron chi connectivity index (χ3n) is 2.16. The van der Waals surface area contributed by atoms with Gasteiger partial charge >= 0.3 is 5.97 Å². The maximum Gasteiger partial charge on any atom is 0.305 e. The molecule has 0 saturated heterocycles. The highest BCUT2D eigenvalue weighted by Crippen LogP contribution is 2.23. The Labute approximate surface area is 114 Å². The third-order valence-corrected chi connectivity index (χ3v) is 3.42. The van der Waals surface area contributed by atoms with E-state index in [1.807, 2.05) is 13.8 Å². The van der Waals surface area contributed by atoms with Crippen LogP contribution in [-0.4, -0.2) is 45.5 Å². The molecule has 0 aliphatic rings. The molecular formula is C13H25NO3S. The molecule has 106 valence electrons. The number of nitrogens with zero attached hydrogens (tertiary/aromatic N) is 1. The quantitative estimate of drug-likeness (QED) is 0.775. The summed E-state index contributed by atoms with van der Waals surface area (Å²) in [4.78, 5) is 24.3. The van der Waals surface area contributed by atoms with Gasteiger partial charge in [-0.15, -0.1) is 11.8 Å².